The van der Waals surface area contributed by atoms with Crippen LogP contribution in [0.5, 0.6) is 0 Å². The maximum Gasteiger partial charge on any atom is 0.163 e. The number of nitrogens with zero attached hydrogens (tertiary/aromatic N) is 16. The van der Waals surface area contributed by atoms with Gasteiger partial charge in [-0.25, -0.2) is 64.8 Å². The van der Waals surface area contributed by atoms with Crippen molar-refractivity contribution in [2.24, 2.45) is 0 Å². The molecule has 0 bridgehead atoms. The fourth-order valence-electron chi connectivity index (χ4n) is 11.6. The number of pyridine rings is 1. The first kappa shape index (κ1) is 51.0. The van der Waals surface area contributed by atoms with Crippen molar-refractivity contribution >= 4 is 43.6 Å². The predicted molar refractivity (Wildman–Crippen MR) is 327 cm³/mol. The molecule has 84 heavy (non-hydrogen) atoms. The molecule has 0 saturated carbocycles. The highest BCUT2D eigenvalue weighted by molar-refractivity contribution is 6.13. The molecule has 0 saturated heterocycles. The lowest BCUT2D eigenvalue weighted by atomic mass is 10.00. The van der Waals surface area contributed by atoms with Gasteiger partial charge in [0.1, 0.15) is 58.2 Å². The number of nitriles is 1. The van der Waals surface area contributed by atoms with Crippen LogP contribution >= 0.6 is 0 Å². The lowest BCUT2D eigenvalue weighted by molar-refractivity contribution is 0.928. The minimum atomic E-state index is 0.382. The first-order chi connectivity index (χ1) is 40.8. The molecule has 0 aliphatic heterocycles. The topological polar surface area (TPSA) is 201 Å². The Morgan fingerprint density at radius 1 is 0.274 bits per heavy atom. The number of rotatable bonds is 9. The maximum atomic E-state index is 12.2. The summed E-state index contributed by atoms with van der Waals surface area (Å²) in [6.45, 7) is 15.0. The van der Waals surface area contributed by atoms with Crippen molar-refractivity contribution in [3.05, 3.63) is 210 Å². The Balaban J connectivity index is 1.12. The minimum Gasteiger partial charge on any atom is -0.308 e. The van der Waals surface area contributed by atoms with Crippen molar-refractivity contribution in [1.29, 1.82) is 5.26 Å². The second-order valence-corrected chi connectivity index (χ2v) is 21.0. The smallest absolute Gasteiger partial charge is 0.163 e. The first-order valence-corrected chi connectivity index (χ1v) is 27.5. The summed E-state index contributed by atoms with van der Waals surface area (Å²) in [4.78, 5) is 62.1. The van der Waals surface area contributed by atoms with Gasteiger partial charge in [-0.1, -0.05) is 103 Å². The van der Waals surface area contributed by atoms with Crippen LogP contribution in [0.2, 0.25) is 0 Å². The van der Waals surface area contributed by atoms with Crippen LogP contribution in [0.15, 0.2) is 158 Å². The number of aryl methyl sites for hydroxylation is 8. The van der Waals surface area contributed by atoms with Gasteiger partial charge in [0.25, 0.3) is 0 Å². The summed E-state index contributed by atoms with van der Waals surface area (Å²) < 4.78 is 4.35. The van der Waals surface area contributed by atoms with Gasteiger partial charge in [-0.15, -0.1) is 0 Å². The fourth-order valence-corrected chi connectivity index (χ4v) is 11.6. The zero-order chi connectivity index (χ0) is 57.5. The monoisotopic (exact) mass is 1090 g/mol. The van der Waals surface area contributed by atoms with Crippen LogP contribution in [0.3, 0.4) is 0 Å². The van der Waals surface area contributed by atoms with Gasteiger partial charge in [0.15, 0.2) is 23.3 Å². The molecule has 0 atom stereocenters. The molecular weight excluding hydrogens is 1040 g/mol. The van der Waals surface area contributed by atoms with E-state index in [0.717, 1.165) is 93.8 Å². The first-order valence-electron chi connectivity index (χ1n) is 27.5. The molecule has 7 aromatic heterocycles. The van der Waals surface area contributed by atoms with Gasteiger partial charge in [0, 0.05) is 54.9 Å². The number of hydrogen-bond donors (Lipinski definition) is 0. The second kappa shape index (κ2) is 20.1. The zero-order valence-electron chi connectivity index (χ0n) is 47.2. The molecule has 7 heterocycles. The summed E-state index contributed by atoms with van der Waals surface area (Å²) in [7, 11) is 0. The van der Waals surface area contributed by atoms with Gasteiger partial charge >= 0.3 is 0 Å². The lowest BCUT2D eigenvalue weighted by Gasteiger charge is -2.19. The third-order valence-electron chi connectivity index (χ3n) is 15.0. The molecule has 14 aromatic rings. The highest BCUT2D eigenvalue weighted by Crippen LogP contribution is 2.43. The molecule has 16 heteroatoms. The van der Waals surface area contributed by atoms with E-state index in [1.165, 1.54) is 0 Å². The van der Waals surface area contributed by atoms with E-state index in [1.54, 1.807) is 0 Å². The summed E-state index contributed by atoms with van der Waals surface area (Å²) in [6.07, 6.45) is 0. The van der Waals surface area contributed by atoms with Crippen molar-refractivity contribution in [3.63, 3.8) is 0 Å². The summed E-state index contributed by atoms with van der Waals surface area (Å²) in [5.41, 5.74) is 13.3. The van der Waals surface area contributed by atoms with Gasteiger partial charge < -0.3 is 9.13 Å². The number of hydrogen-bond acceptors (Lipinski definition) is 14. The molecule has 0 spiro atoms. The molecule has 0 aliphatic rings. The molecule has 0 amide bonds. The van der Waals surface area contributed by atoms with Crippen LogP contribution in [0.1, 0.15) is 52.2 Å². The van der Waals surface area contributed by atoms with Crippen molar-refractivity contribution < 1.29 is 0 Å². The van der Waals surface area contributed by atoms with Gasteiger partial charge in [0.05, 0.1) is 44.8 Å². The highest BCUT2D eigenvalue weighted by Gasteiger charge is 2.26. The molecule has 0 radical (unpaired) electrons. The standard InChI is InChI=1S/C68H50N16/c1-36-70-37(2)75-65(74-36)47-20-24-52-53-25-21-48(66-76-38(3)71-39(4)77-66)30-60(53)83(59(52)29-47)63-33-51(58-19-13-18-57(82-58)46-17-12-16-45(28-46)44-14-10-9-11-15-44)34-64(56(63)35-69)84-61-31-49(67-78-40(5)72-41(6)79-67)22-26-54(61)55-27-23-50(32-62(55)84)68-80-42(7)73-43(8)81-68/h9-34H,1-8H3. The van der Waals surface area contributed by atoms with E-state index in [-0.39, 0.29) is 0 Å². The van der Waals surface area contributed by atoms with Gasteiger partial charge in [-0.2, -0.15) is 5.26 Å². The molecule has 0 aliphatic carbocycles. The van der Waals surface area contributed by atoms with Crippen molar-refractivity contribution in [1.82, 2.24) is 73.9 Å². The Hall–Kier alpha value is -11.2. The van der Waals surface area contributed by atoms with E-state index >= 15 is 0 Å². The maximum absolute atomic E-state index is 12.2. The van der Waals surface area contributed by atoms with E-state index in [2.05, 4.69) is 132 Å². The summed E-state index contributed by atoms with van der Waals surface area (Å²) in [5, 5.41) is 16.0. The number of aromatic nitrogens is 15. The highest BCUT2D eigenvalue weighted by atomic mass is 15.1. The molecule has 402 valence electrons. The number of fused-ring (bicyclic) bond motifs is 6. The van der Waals surface area contributed by atoms with Crippen LogP contribution in [0.25, 0.3) is 134 Å². The molecule has 0 N–H and O–H groups in total. The minimum absolute atomic E-state index is 0.382. The normalized spacial score (nSPS) is 11.6. The van der Waals surface area contributed by atoms with E-state index < -0.39 is 0 Å². The van der Waals surface area contributed by atoms with Crippen molar-refractivity contribution in [3.8, 4) is 96.6 Å². The molecule has 0 unspecified atom stereocenters. The lowest BCUT2D eigenvalue weighted by Crippen LogP contribution is -2.06. The molecule has 0 fully saturated rings. The fraction of sp³-hybridized carbons (Fsp3) is 0.118. The SMILES string of the molecule is Cc1nc(C)nc(-c2ccc3c4ccc(-c5nc(C)nc(C)n5)cc4n(-c4cc(-c5cccc(-c6cccc(-c7ccccc7)c6)n5)cc(-n5c6cc(-c7nc(C)nc(C)n7)ccc6c6ccc(-c7nc(C)nc(C)n7)cc65)c4C#N)c3c2)n1. The van der Waals surface area contributed by atoms with E-state index in [4.69, 9.17) is 44.9 Å². The summed E-state index contributed by atoms with van der Waals surface area (Å²) >= 11 is 0. The van der Waals surface area contributed by atoms with Gasteiger partial charge in [-0.05, 0) is 121 Å². The Kier molecular flexibility index (Phi) is 12.2. The van der Waals surface area contributed by atoms with Crippen LogP contribution in [-0.2, 0) is 0 Å². The largest absolute Gasteiger partial charge is 0.308 e. The van der Waals surface area contributed by atoms with Gasteiger partial charge in [-0.3, -0.25) is 0 Å². The Bertz CT molecular complexity index is 4550. The summed E-state index contributed by atoms with van der Waals surface area (Å²) in [6, 6.07) is 56.8. The summed E-state index contributed by atoms with van der Waals surface area (Å²) in [5.74, 6) is 6.99. The van der Waals surface area contributed by atoms with Crippen LogP contribution < -0.4 is 0 Å². The zero-order valence-corrected chi connectivity index (χ0v) is 47.2. The van der Waals surface area contributed by atoms with Crippen LogP contribution in [0, 0.1) is 66.7 Å². The Morgan fingerprint density at radius 3 is 0.952 bits per heavy atom. The molecular formula is C68H50N16. The number of benzene rings is 7. The second-order valence-electron chi connectivity index (χ2n) is 21.0. The predicted octanol–water partition coefficient (Wildman–Crippen LogP) is 14.0. The van der Waals surface area contributed by atoms with Crippen LogP contribution in [0.4, 0.5) is 0 Å². The van der Waals surface area contributed by atoms with Crippen molar-refractivity contribution in [2.45, 2.75) is 55.4 Å². The Labute approximate surface area is 482 Å². The third kappa shape index (κ3) is 9.10. The van der Waals surface area contributed by atoms with E-state index in [0.29, 0.717) is 92.5 Å². The van der Waals surface area contributed by atoms with Gasteiger partial charge in [0.2, 0.25) is 0 Å². The Morgan fingerprint density at radius 2 is 0.595 bits per heavy atom. The third-order valence-corrected chi connectivity index (χ3v) is 15.0. The van der Waals surface area contributed by atoms with E-state index in [9.17, 15) is 5.26 Å². The average Bonchev–Trinajstić information content (AvgIpc) is 2.12. The molecule has 14 rings (SSSR count). The van der Waals surface area contributed by atoms with Crippen molar-refractivity contribution in [2.75, 3.05) is 0 Å². The molecule has 7 aromatic carbocycles. The quantitative estimate of drug-likeness (QED) is 0.132. The van der Waals surface area contributed by atoms with Crippen LogP contribution in [-0.4, -0.2) is 73.9 Å². The van der Waals surface area contributed by atoms with E-state index in [1.807, 2.05) is 116 Å². The molecule has 16 nitrogen and oxygen atoms in total. The average molecular weight is 1090 g/mol.